The lowest BCUT2D eigenvalue weighted by Crippen LogP contribution is -2.46. The van der Waals surface area contributed by atoms with E-state index in [1.54, 1.807) is 11.3 Å². The van der Waals surface area contributed by atoms with Gasteiger partial charge in [0.15, 0.2) is 5.96 Å². The van der Waals surface area contributed by atoms with Crippen molar-refractivity contribution in [3.05, 3.63) is 22.4 Å². The zero-order valence-corrected chi connectivity index (χ0v) is 19.7. The molecule has 2 rings (SSSR count). The molecule has 0 radical (unpaired) electrons. The van der Waals surface area contributed by atoms with Crippen LogP contribution in [-0.2, 0) is 4.74 Å². The Labute approximate surface area is 180 Å². The van der Waals surface area contributed by atoms with E-state index in [9.17, 15) is 0 Å². The Morgan fingerprint density at radius 2 is 2.08 bits per heavy atom. The quantitative estimate of drug-likeness (QED) is 0.251. The predicted octanol–water partition coefficient (Wildman–Crippen LogP) is 3.52. The predicted molar refractivity (Wildman–Crippen MR) is 123 cm³/mol. The molecule has 0 amide bonds. The maximum atomic E-state index is 5.79. The Balaban J connectivity index is 0.00000338. The molecule has 1 saturated heterocycles. The van der Waals surface area contributed by atoms with Crippen LogP contribution in [0.2, 0.25) is 0 Å². The summed E-state index contributed by atoms with van der Waals surface area (Å²) in [5.41, 5.74) is 1.38. The van der Waals surface area contributed by atoms with Crippen molar-refractivity contribution in [1.29, 1.82) is 0 Å². The molecule has 1 aliphatic heterocycles. The number of morpholine rings is 1. The summed E-state index contributed by atoms with van der Waals surface area (Å²) in [7, 11) is 0. The SMILES string of the molecule is CCNC(=NCC(C)c1ccsc1)NCCCN1CC(C)OC(C)C1.I. The molecule has 0 bridgehead atoms. The molecular formula is C19H35IN4OS. The second kappa shape index (κ2) is 12.9. The highest BCUT2D eigenvalue weighted by molar-refractivity contribution is 14.0. The summed E-state index contributed by atoms with van der Waals surface area (Å²) in [4.78, 5) is 7.25. The Kier molecular flexibility index (Phi) is 11.7. The van der Waals surface area contributed by atoms with Crippen LogP contribution in [0.3, 0.4) is 0 Å². The van der Waals surface area contributed by atoms with Crippen LogP contribution in [0.15, 0.2) is 21.8 Å². The van der Waals surface area contributed by atoms with Crippen LogP contribution in [0.4, 0.5) is 0 Å². The van der Waals surface area contributed by atoms with Gasteiger partial charge in [-0.1, -0.05) is 6.92 Å². The first-order chi connectivity index (χ1) is 12.1. The molecule has 1 aromatic rings. The maximum absolute atomic E-state index is 5.79. The number of guanidine groups is 1. The third kappa shape index (κ3) is 8.54. The van der Waals surface area contributed by atoms with Crippen molar-refractivity contribution >= 4 is 41.3 Å². The second-order valence-electron chi connectivity index (χ2n) is 6.97. The highest BCUT2D eigenvalue weighted by atomic mass is 127. The topological polar surface area (TPSA) is 48.9 Å². The van der Waals surface area contributed by atoms with Gasteiger partial charge in [-0.25, -0.2) is 0 Å². The van der Waals surface area contributed by atoms with Crippen LogP contribution >= 0.6 is 35.3 Å². The zero-order chi connectivity index (χ0) is 18.1. The lowest BCUT2D eigenvalue weighted by Gasteiger charge is -2.35. The Morgan fingerprint density at radius 1 is 1.35 bits per heavy atom. The number of ether oxygens (including phenoxy) is 1. The summed E-state index contributed by atoms with van der Waals surface area (Å²) in [5.74, 6) is 1.38. The van der Waals surface area contributed by atoms with Crippen LogP contribution in [0, 0.1) is 0 Å². The van der Waals surface area contributed by atoms with E-state index in [0.29, 0.717) is 18.1 Å². The number of thiophene rings is 1. The minimum atomic E-state index is 0. The Morgan fingerprint density at radius 3 is 2.69 bits per heavy atom. The number of hydrogen-bond donors (Lipinski definition) is 2. The number of aliphatic imine (C=N–C) groups is 1. The van der Waals surface area contributed by atoms with Crippen LogP contribution in [0.5, 0.6) is 0 Å². The van der Waals surface area contributed by atoms with Gasteiger partial charge in [-0.15, -0.1) is 24.0 Å². The number of nitrogens with one attached hydrogen (secondary N) is 2. The first-order valence-electron chi connectivity index (χ1n) is 9.50. The maximum Gasteiger partial charge on any atom is 0.191 e. The van der Waals surface area contributed by atoms with Gasteiger partial charge in [-0.05, 0) is 49.6 Å². The van der Waals surface area contributed by atoms with Gasteiger partial charge in [0.1, 0.15) is 0 Å². The number of rotatable bonds is 8. The molecular weight excluding hydrogens is 459 g/mol. The van der Waals surface area contributed by atoms with E-state index < -0.39 is 0 Å². The molecule has 26 heavy (non-hydrogen) atoms. The summed E-state index contributed by atoms with van der Waals surface area (Å²) in [5, 5.41) is 11.2. The van der Waals surface area contributed by atoms with Crippen molar-refractivity contribution in [1.82, 2.24) is 15.5 Å². The molecule has 1 aliphatic rings. The molecule has 5 nitrogen and oxygen atoms in total. The van der Waals surface area contributed by atoms with Crippen molar-refractivity contribution in [2.24, 2.45) is 4.99 Å². The van der Waals surface area contributed by atoms with E-state index in [4.69, 9.17) is 9.73 Å². The molecule has 0 saturated carbocycles. The van der Waals surface area contributed by atoms with Crippen molar-refractivity contribution in [3.8, 4) is 0 Å². The average Bonchev–Trinajstić information content (AvgIpc) is 3.10. The van der Waals surface area contributed by atoms with E-state index in [-0.39, 0.29) is 24.0 Å². The molecule has 150 valence electrons. The molecule has 2 heterocycles. The standard InChI is InChI=1S/C19H34N4OS.HI/c1-5-20-19(22-11-15(2)18-7-10-25-14-18)21-8-6-9-23-12-16(3)24-17(4)13-23;/h7,10,14-17H,5-6,8-9,11-13H2,1-4H3,(H2,20,21,22);1H. The molecule has 0 spiro atoms. The molecule has 1 fully saturated rings. The van der Waals surface area contributed by atoms with Gasteiger partial charge in [0.05, 0.1) is 12.2 Å². The summed E-state index contributed by atoms with van der Waals surface area (Å²) in [6, 6.07) is 2.19. The van der Waals surface area contributed by atoms with Gasteiger partial charge >= 0.3 is 0 Å². The molecule has 0 aliphatic carbocycles. The average molecular weight is 494 g/mol. The van der Waals surface area contributed by atoms with E-state index in [1.807, 2.05) is 0 Å². The van der Waals surface area contributed by atoms with Crippen LogP contribution in [0.1, 0.15) is 45.6 Å². The third-order valence-electron chi connectivity index (χ3n) is 4.42. The lowest BCUT2D eigenvalue weighted by atomic mass is 10.1. The number of nitrogens with zero attached hydrogens (tertiary/aromatic N) is 2. The van der Waals surface area contributed by atoms with E-state index >= 15 is 0 Å². The van der Waals surface area contributed by atoms with E-state index in [0.717, 1.165) is 51.6 Å². The van der Waals surface area contributed by atoms with Gasteiger partial charge in [0.25, 0.3) is 0 Å². The Bertz CT molecular complexity index is 502. The van der Waals surface area contributed by atoms with Gasteiger partial charge in [-0.3, -0.25) is 9.89 Å². The fourth-order valence-electron chi connectivity index (χ4n) is 3.21. The number of halogens is 1. The van der Waals surface area contributed by atoms with Crippen molar-refractivity contribution in [2.75, 3.05) is 39.3 Å². The van der Waals surface area contributed by atoms with Gasteiger partial charge in [-0.2, -0.15) is 11.3 Å². The van der Waals surface area contributed by atoms with E-state index in [1.165, 1.54) is 5.56 Å². The van der Waals surface area contributed by atoms with Gasteiger partial charge in [0, 0.05) is 45.2 Å². The zero-order valence-electron chi connectivity index (χ0n) is 16.5. The van der Waals surface area contributed by atoms with Crippen molar-refractivity contribution < 1.29 is 4.74 Å². The fraction of sp³-hybridized carbons (Fsp3) is 0.737. The summed E-state index contributed by atoms with van der Waals surface area (Å²) in [6.45, 7) is 14.5. The third-order valence-corrected chi connectivity index (χ3v) is 5.12. The second-order valence-corrected chi connectivity index (χ2v) is 7.75. The van der Waals surface area contributed by atoms with Crippen molar-refractivity contribution in [3.63, 3.8) is 0 Å². The Hall–Kier alpha value is -0.380. The molecule has 0 aromatic carbocycles. The highest BCUT2D eigenvalue weighted by Gasteiger charge is 2.21. The fourth-order valence-corrected chi connectivity index (χ4v) is 3.99. The lowest BCUT2D eigenvalue weighted by molar-refractivity contribution is -0.0679. The monoisotopic (exact) mass is 494 g/mol. The minimum Gasteiger partial charge on any atom is -0.373 e. The first-order valence-corrected chi connectivity index (χ1v) is 10.4. The molecule has 1 aromatic heterocycles. The minimum absolute atomic E-state index is 0. The molecule has 3 atom stereocenters. The summed E-state index contributed by atoms with van der Waals surface area (Å²) in [6.07, 6.45) is 1.80. The summed E-state index contributed by atoms with van der Waals surface area (Å²) < 4.78 is 5.79. The first kappa shape index (κ1) is 23.7. The molecule has 7 heteroatoms. The van der Waals surface area contributed by atoms with E-state index in [2.05, 4.69) is 60.1 Å². The molecule has 3 unspecified atom stereocenters. The highest BCUT2D eigenvalue weighted by Crippen LogP contribution is 2.18. The largest absolute Gasteiger partial charge is 0.373 e. The van der Waals surface area contributed by atoms with Gasteiger partial charge < -0.3 is 15.4 Å². The van der Waals surface area contributed by atoms with Crippen LogP contribution < -0.4 is 10.6 Å². The normalized spacial score (nSPS) is 22.5. The molecule has 2 N–H and O–H groups in total. The smallest absolute Gasteiger partial charge is 0.191 e. The van der Waals surface area contributed by atoms with Crippen LogP contribution in [0.25, 0.3) is 0 Å². The van der Waals surface area contributed by atoms with Crippen LogP contribution in [-0.4, -0.2) is 62.3 Å². The van der Waals surface area contributed by atoms with Crippen molar-refractivity contribution in [2.45, 2.75) is 52.2 Å². The van der Waals surface area contributed by atoms with Gasteiger partial charge in [0.2, 0.25) is 0 Å². The number of hydrogen-bond acceptors (Lipinski definition) is 4. The summed E-state index contributed by atoms with van der Waals surface area (Å²) >= 11 is 1.75.